The number of nitrogens with one attached hydrogen (secondary N) is 23. The zero-order chi connectivity index (χ0) is 105. The summed E-state index contributed by atoms with van der Waals surface area (Å²) in [4.78, 5) is 285. The number of benzene rings is 1. The van der Waals surface area contributed by atoms with Crippen LogP contribution in [0.5, 0.6) is 0 Å². The van der Waals surface area contributed by atoms with Crippen LogP contribution in [0.2, 0.25) is 0 Å². The molecule has 19 amide bonds. The fourth-order valence-corrected chi connectivity index (χ4v) is 13.6. The number of aliphatic hydroxyl groups excluding tert-OH is 5. The van der Waals surface area contributed by atoms with E-state index in [4.69, 9.17) is 44.9 Å². The molecule has 1 aliphatic rings. The summed E-state index contributed by atoms with van der Waals surface area (Å²) in [5.74, 6) is -28.0. The molecule has 1 heterocycles. The Hall–Kier alpha value is -13.6. The van der Waals surface area contributed by atoms with Crippen molar-refractivity contribution in [2.75, 3.05) is 77.1 Å². The molecule has 0 saturated carbocycles. The van der Waals surface area contributed by atoms with Crippen LogP contribution in [0.1, 0.15) is 118 Å². The third-order valence-corrected chi connectivity index (χ3v) is 21.4. The number of nitrogens with zero attached hydrogens (tertiary/aromatic N) is 1. The van der Waals surface area contributed by atoms with Crippen molar-refractivity contribution < 1.29 is 136 Å². The number of thiol groups is 2. The van der Waals surface area contributed by atoms with Gasteiger partial charge in [0.1, 0.15) is 96.7 Å². The molecule has 1 fully saturated rings. The molecular formula is C80H133N29O28S2. The van der Waals surface area contributed by atoms with E-state index in [0.717, 1.165) is 18.7 Å². The lowest BCUT2D eigenvalue weighted by molar-refractivity contribution is -0.146. The van der Waals surface area contributed by atoms with Gasteiger partial charge in [0.05, 0.1) is 58.1 Å². The van der Waals surface area contributed by atoms with E-state index in [2.05, 4.69) is 132 Å². The number of hydrogen-bond acceptors (Lipinski definition) is 32. The molecule has 0 radical (unpaired) electrons. The van der Waals surface area contributed by atoms with Crippen LogP contribution >= 0.6 is 25.3 Å². The fraction of sp³-hybridized carbons (Fsp3) is 0.625. The first kappa shape index (κ1) is 121. The lowest BCUT2D eigenvalue weighted by Gasteiger charge is -2.31. The predicted octanol–water partition coefficient (Wildman–Crippen LogP) is -15.8. The second-order valence-electron chi connectivity index (χ2n) is 32.6. The van der Waals surface area contributed by atoms with Gasteiger partial charge in [-0.05, 0) is 89.0 Å². The smallest absolute Gasteiger partial charge is 0.326 e. The zero-order valence-corrected chi connectivity index (χ0v) is 79.1. The highest BCUT2D eigenvalue weighted by Gasteiger charge is 2.43. The van der Waals surface area contributed by atoms with Crippen LogP contribution in [-0.4, -0.2) is 369 Å². The number of rotatable bonds is 64. The Morgan fingerprint density at radius 1 is 0.403 bits per heavy atom. The van der Waals surface area contributed by atoms with Crippen molar-refractivity contribution >= 4 is 167 Å². The maximum atomic E-state index is 14.4. The molecule has 0 aliphatic carbocycles. The van der Waals surface area contributed by atoms with Crippen molar-refractivity contribution in [1.29, 1.82) is 16.2 Å². The van der Waals surface area contributed by atoms with Gasteiger partial charge in [0.25, 0.3) is 0 Å². The number of likely N-dealkylation sites (tertiary alicyclic amines) is 1. The van der Waals surface area contributed by atoms with Crippen LogP contribution in [0.25, 0.3) is 0 Å². The number of primary amides is 1. The highest BCUT2D eigenvalue weighted by molar-refractivity contribution is 7.80. The molecule has 1 aromatic rings. The molecule has 18 atom stereocenters. The van der Waals surface area contributed by atoms with E-state index in [1.54, 1.807) is 32.0 Å². The van der Waals surface area contributed by atoms with E-state index in [9.17, 15) is 136 Å². The molecule has 1 aromatic carbocycles. The lowest BCUT2D eigenvalue weighted by atomic mass is 10.0. The molecule has 57 nitrogen and oxygen atoms in total. The highest BCUT2D eigenvalue weighted by Crippen LogP contribution is 2.22. The van der Waals surface area contributed by atoms with E-state index in [1.165, 1.54) is 26.0 Å². The maximum absolute atomic E-state index is 14.4. The van der Waals surface area contributed by atoms with E-state index >= 15 is 0 Å². The van der Waals surface area contributed by atoms with Crippen molar-refractivity contribution in [3.8, 4) is 0 Å². The largest absolute Gasteiger partial charge is 0.481 e. The molecule has 1 aliphatic heterocycles. The lowest BCUT2D eigenvalue weighted by Crippen LogP contribution is -2.62. The second-order valence-corrected chi connectivity index (χ2v) is 33.4. The van der Waals surface area contributed by atoms with Gasteiger partial charge in [0, 0.05) is 50.5 Å². The van der Waals surface area contributed by atoms with Gasteiger partial charge in [-0.3, -0.25) is 112 Å². The number of hydrogen-bond donors (Lipinski definition) is 37. The van der Waals surface area contributed by atoms with Gasteiger partial charge in [-0.15, -0.1) is 0 Å². The monoisotopic (exact) mass is 2010 g/mol. The summed E-state index contributed by atoms with van der Waals surface area (Å²) in [5, 5.41) is 140. The summed E-state index contributed by atoms with van der Waals surface area (Å²) in [6.07, 6.45) is -6.57. The standard InChI is InChI=1S/C80H133N29O28S2/c1-36(2)58(105-56(118)30-93-54(116)28-92-55(117)29-94-63(122)50(34-138)104-75(134)61(39(6)114)107-66(125)43(17-11-23-90-79(85)86)95-62(121)41(81)31-110)73(132)97-44(20-21-53(82)115)65(124)99-46(26-40-14-8-7-9-15-40)67(126)101-49(33-112)70(129)102-48(32-111)69(128)96-42(16-10-22-89-78(83)84)64(123)100-47(27-57(119)120)68(127)103-51(35-139)71(130)108-60(38(5)113)74(133)98-45(18-12-24-91-80(87)88)76(135)109-25-13-19-52(109)72(131)106-59(37(3)4)77(136)137/h7-9,14-15,36-39,41-52,58-61,110-114,138-139H,10-13,16-35,81H2,1-6H3,(H2,82,115)(H,92,117)(H,93,116)(H,94,122)(H,95,121)(H,96,128)(H,97,132)(H,98,133)(H,99,124)(H,100,123)(H,101,126)(H,102,129)(H,103,127)(H,104,134)(H,105,118)(H,106,131)(H,107,125)(H,108,130)(H,119,120)(H,136,137)(H4,83,84,89)(H4,85,86,90)(H4,87,88,91)/t38-,39-,41+,42+,43+,44+,45+,46+,47+,48+,49+,50+,51+,52+,58+,59+,60+,61+/m1/s1. The van der Waals surface area contributed by atoms with E-state index in [-0.39, 0.29) is 77.1 Å². The zero-order valence-electron chi connectivity index (χ0n) is 77.3. The summed E-state index contributed by atoms with van der Waals surface area (Å²) in [6.45, 7) is 2.26. The normalized spacial score (nSPS) is 15.8. The third-order valence-electron chi connectivity index (χ3n) is 20.6. The number of nitrogens with two attached hydrogens (primary N) is 5. The van der Waals surface area contributed by atoms with Gasteiger partial charge in [0.2, 0.25) is 112 Å². The number of amides is 19. The van der Waals surface area contributed by atoms with Crippen LogP contribution in [0.3, 0.4) is 0 Å². The molecule has 0 spiro atoms. The molecule has 2 rings (SSSR count). The topological polar surface area (TPSA) is 946 Å². The summed E-state index contributed by atoms with van der Waals surface area (Å²) < 4.78 is 0. The van der Waals surface area contributed by atoms with E-state index in [1.807, 2.05) is 0 Å². The van der Waals surface area contributed by atoms with E-state index in [0.29, 0.717) is 5.56 Å². The molecule has 778 valence electrons. The molecular weight excluding hydrogens is 1880 g/mol. The number of aliphatic hydroxyl groups is 5. The number of guanidine groups is 3. The van der Waals surface area contributed by atoms with Gasteiger partial charge >= 0.3 is 11.9 Å². The predicted molar refractivity (Wildman–Crippen MR) is 497 cm³/mol. The Labute approximate surface area is 808 Å². The Morgan fingerprint density at radius 3 is 1.21 bits per heavy atom. The summed E-state index contributed by atoms with van der Waals surface area (Å²) in [5.41, 5.74) is 27.5. The molecule has 139 heavy (non-hydrogen) atoms. The van der Waals surface area contributed by atoms with Crippen LogP contribution in [0, 0.1) is 28.1 Å². The van der Waals surface area contributed by atoms with E-state index < -0.39 is 340 Å². The third kappa shape index (κ3) is 45.0. The highest BCUT2D eigenvalue weighted by atomic mass is 32.1. The SMILES string of the molecule is CC(C)[C@H](NC(=O)[C@@H]1CCCN1C(=O)[C@H](CCCNC(=N)N)NC(=O)[C@@H](NC(=O)[C@H](CS)NC(=O)[C@H](CC(=O)O)NC(=O)[C@H](CCCNC(=N)N)NC(=O)[C@H](CO)NC(=O)[C@H](CO)NC(=O)[C@H](Cc1ccccc1)NC(=O)[C@H](CCC(N)=O)NC(=O)[C@@H](NC(=O)CNC(=O)CNC(=O)CNC(=O)[C@H](CS)NC(=O)[C@@H](NC(=O)[C@H](CCCNC(=N)N)NC(=O)[C@@H](N)CO)[C@@H](C)O)C(C)C)[C@@H](C)O)C(=O)O. The van der Waals surface area contributed by atoms with Gasteiger partial charge < -0.3 is 176 Å². The van der Waals surface area contributed by atoms with Crippen LogP contribution < -0.4 is 135 Å². The van der Waals surface area contributed by atoms with Crippen molar-refractivity contribution in [2.24, 2.45) is 40.5 Å². The van der Waals surface area contributed by atoms with Gasteiger partial charge in [0.15, 0.2) is 17.9 Å². The minimum atomic E-state index is -2.15. The molecule has 40 N–H and O–H groups in total. The van der Waals surface area contributed by atoms with Crippen LogP contribution in [-0.2, 0) is 107 Å². The fourth-order valence-electron chi connectivity index (χ4n) is 13.1. The molecule has 0 aromatic heterocycles. The van der Waals surface area contributed by atoms with Crippen molar-refractivity contribution in [3.05, 3.63) is 35.9 Å². The number of aliphatic carboxylic acids is 2. The average molecular weight is 2010 g/mol. The van der Waals surface area contributed by atoms with Crippen molar-refractivity contribution in [3.63, 3.8) is 0 Å². The molecule has 0 unspecified atom stereocenters. The van der Waals surface area contributed by atoms with Gasteiger partial charge in [-0.1, -0.05) is 58.0 Å². The Bertz CT molecular complexity index is 4430. The van der Waals surface area contributed by atoms with Gasteiger partial charge in [-0.2, -0.15) is 25.3 Å². The first-order chi connectivity index (χ1) is 65.3. The maximum Gasteiger partial charge on any atom is 0.326 e. The number of carboxylic acid groups (broad SMARTS) is 2. The first-order valence-corrected chi connectivity index (χ1v) is 45.1. The van der Waals surface area contributed by atoms with Crippen LogP contribution in [0.4, 0.5) is 0 Å². The van der Waals surface area contributed by atoms with Crippen molar-refractivity contribution in [2.45, 2.75) is 227 Å². The second kappa shape index (κ2) is 63.0. The summed E-state index contributed by atoms with van der Waals surface area (Å²) in [6, 6.07) is -19.4. The Balaban J connectivity index is 2.32. The molecule has 59 heteroatoms. The summed E-state index contributed by atoms with van der Waals surface area (Å²) in [7, 11) is 0. The minimum Gasteiger partial charge on any atom is -0.481 e. The number of carboxylic acids is 2. The average Bonchev–Trinajstić information content (AvgIpc) is 1.64. The van der Waals surface area contributed by atoms with Crippen molar-refractivity contribution in [1.82, 2.24) is 111 Å². The van der Waals surface area contributed by atoms with Gasteiger partial charge in [-0.25, -0.2) is 4.79 Å². The first-order valence-electron chi connectivity index (χ1n) is 43.9. The van der Waals surface area contributed by atoms with Crippen LogP contribution in [0.15, 0.2) is 30.3 Å². The molecule has 1 saturated heterocycles. The number of carbonyl (C=O) groups is 21. The summed E-state index contributed by atoms with van der Waals surface area (Å²) >= 11 is 8.21. The Kier molecular flexibility index (Phi) is 55.0. The quantitative estimate of drug-likeness (QED) is 0.0125. The minimum absolute atomic E-state index is 0.00245. The number of carbonyl (C=O) groups excluding carboxylic acids is 19. The molecule has 0 bridgehead atoms. The Morgan fingerprint density at radius 2 is 0.770 bits per heavy atom.